The van der Waals surface area contributed by atoms with Crippen LogP contribution in [0.1, 0.15) is 26.2 Å². The number of hydrogen-bond donors (Lipinski definition) is 3. The molecule has 1 unspecified atom stereocenters. The van der Waals surface area contributed by atoms with Crippen LogP contribution in [-0.4, -0.2) is 31.6 Å². The largest absolute Gasteiger partial charge is 0.355 e. The van der Waals surface area contributed by atoms with E-state index in [1.165, 1.54) is 12.8 Å². The minimum absolute atomic E-state index is 0.379. The van der Waals surface area contributed by atoms with Crippen LogP contribution in [0.5, 0.6) is 0 Å². The van der Waals surface area contributed by atoms with Crippen molar-refractivity contribution in [1.82, 2.24) is 10.6 Å². The van der Waals surface area contributed by atoms with Gasteiger partial charge in [-0.3, -0.25) is 4.99 Å². The van der Waals surface area contributed by atoms with Crippen LogP contribution in [0.3, 0.4) is 0 Å². The van der Waals surface area contributed by atoms with E-state index in [0.29, 0.717) is 12.6 Å². The fraction of sp³-hybridized carbons (Fsp3) is 0.889. The molecule has 4 heteroatoms. The van der Waals surface area contributed by atoms with Gasteiger partial charge in [0.15, 0.2) is 5.96 Å². The standard InChI is InChI=1S/C9H20N4/c1-2-3-4-8(7-10)13-9-11-5-6-12-9/h8H,2-7,10H2,1H3,(H2,11,12,13). The summed E-state index contributed by atoms with van der Waals surface area (Å²) in [5.74, 6) is 0.923. The molecule has 0 saturated carbocycles. The lowest BCUT2D eigenvalue weighted by Gasteiger charge is -2.17. The molecule has 1 rings (SSSR count). The van der Waals surface area contributed by atoms with Gasteiger partial charge >= 0.3 is 0 Å². The second-order valence-corrected chi connectivity index (χ2v) is 3.38. The number of hydrogen-bond acceptors (Lipinski definition) is 4. The summed E-state index contributed by atoms with van der Waals surface area (Å²) >= 11 is 0. The Morgan fingerprint density at radius 1 is 1.69 bits per heavy atom. The molecule has 0 radical (unpaired) electrons. The summed E-state index contributed by atoms with van der Waals surface area (Å²) in [7, 11) is 0. The molecule has 1 atom stereocenters. The summed E-state index contributed by atoms with van der Waals surface area (Å²) < 4.78 is 0. The fourth-order valence-corrected chi connectivity index (χ4v) is 1.39. The molecule has 4 nitrogen and oxygen atoms in total. The zero-order valence-electron chi connectivity index (χ0n) is 8.34. The first-order valence-corrected chi connectivity index (χ1v) is 5.11. The Labute approximate surface area is 80.0 Å². The van der Waals surface area contributed by atoms with Gasteiger partial charge in [0.05, 0.1) is 6.54 Å². The Hall–Kier alpha value is -0.770. The molecule has 0 aromatic rings. The van der Waals surface area contributed by atoms with Crippen LogP contribution in [-0.2, 0) is 0 Å². The van der Waals surface area contributed by atoms with Gasteiger partial charge in [0.1, 0.15) is 0 Å². The van der Waals surface area contributed by atoms with Gasteiger partial charge in [0.2, 0.25) is 0 Å². The lowest BCUT2D eigenvalue weighted by atomic mass is 10.1. The van der Waals surface area contributed by atoms with E-state index in [9.17, 15) is 0 Å². The highest BCUT2D eigenvalue weighted by molar-refractivity contribution is 5.81. The van der Waals surface area contributed by atoms with Gasteiger partial charge < -0.3 is 16.4 Å². The fourth-order valence-electron chi connectivity index (χ4n) is 1.39. The van der Waals surface area contributed by atoms with Crippen molar-refractivity contribution in [2.75, 3.05) is 19.6 Å². The molecule has 0 saturated heterocycles. The van der Waals surface area contributed by atoms with Gasteiger partial charge in [-0.2, -0.15) is 0 Å². The minimum atomic E-state index is 0.379. The van der Waals surface area contributed by atoms with Crippen molar-refractivity contribution in [2.24, 2.45) is 10.7 Å². The van der Waals surface area contributed by atoms with Gasteiger partial charge in [0, 0.05) is 19.1 Å². The van der Waals surface area contributed by atoms with E-state index < -0.39 is 0 Å². The number of rotatable bonds is 5. The van der Waals surface area contributed by atoms with E-state index in [4.69, 9.17) is 5.73 Å². The number of nitrogens with one attached hydrogen (secondary N) is 2. The molecule has 1 heterocycles. The van der Waals surface area contributed by atoms with Crippen molar-refractivity contribution < 1.29 is 0 Å². The molecule has 0 spiro atoms. The summed E-state index contributed by atoms with van der Waals surface area (Å²) in [5, 5.41) is 6.50. The molecule has 0 fully saturated rings. The summed E-state index contributed by atoms with van der Waals surface area (Å²) in [6.07, 6.45) is 3.58. The number of aliphatic imine (C=N–C) groups is 1. The number of nitrogens with zero attached hydrogens (tertiary/aromatic N) is 1. The highest BCUT2D eigenvalue weighted by Crippen LogP contribution is 1.99. The van der Waals surface area contributed by atoms with E-state index in [1.54, 1.807) is 0 Å². The molecule has 0 aromatic carbocycles. The van der Waals surface area contributed by atoms with Gasteiger partial charge in [-0.05, 0) is 6.42 Å². The molecular weight excluding hydrogens is 164 g/mol. The van der Waals surface area contributed by atoms with Gasteiger partial charge in [0.25, 0.3) is 0 Å². The smallest absolute Gasteiger partial charge is 0.191 e. The van der Waals surface area contributed by atoms with E-state index >= 15 is 0 Å². The third-order valence-corrected chi connectivity index (χ3v) is 2.21. The Kier molecular flexibility index (Phi) is 4.60. The lowest BCUT2D eigenvalue weighted by Crippen LogP contribution is -2.44. The van der Waals surface area contributed by atoms with Crippen molar-refractivity contribution in [2.45, 2.75) is 32.2 Å². The average Bonchev–Trinajstić information content (AvgIpc) is 2.64. The second-order valence-electron chi connectivity index (χ2n) is 3.38. The number of nitrogens with two attached hydrogens (primary N) is 1. The van der Waals surface area contributed by atoms with Crippen molar-refractivity contribution in [3.05, 3.63) is 0 Å². The third-order valence-electron chi connectivity index (χ3n) is 2.21. The zero-order valence-corrected chi connectivity index (χ0v) is 8.34. The predicted octanol–water partition coefficient (Wildman–Crippen LogP) is 0.0527. The van der Waals surface area contributed by atoms with E-state index in [-0.39, 0.29) is 0 Å². The predicted molar refractivity (Wildman–Crippen MR) is 55.8 cm³/mol. The minimum Gasteiger partial charge on any atom is -0.355 e. The van der Waals surface area contributed by atoms with Gasteiger partial charge in [-0.25, -0.2) is 0 Å². The molecule has 1 aliphatic rings. The Balaban J connectivity index is 2.21. The average molecular weight is 184 g/mol. The van der Waals surface area contributed by atoms with Crippen molar-refractivity contribution >= 4 is 5.96 Å². The van der Waals surface area contributed by atoms with Crippen molar-refractivity contribution in [1.29, 1.82) is 0 Å². The first kappa shape index (κ1) is 10.3. The molecule has 0 aliphatic carbocycles. The van der Waals surface area contributed by atoms with Crippen LogP contribution in [0.25, 0.3) is 0 Å². The summed E-state index contributed by atoms with van der Waals surface area (Å²) in [6, 6.07) is 0.379. The normalized spacial score (nSPS) is 17.8. The summed E-state index contributed by atoms with van der Waals surface area (Å²) in [4.78, 5) is 4.27. The molecule has 76 valence electrons. The van der Waals surface area contributed by atoms with Crippen molar-refractivity contribution in [3.63, 3.8) is 0 Å². The molecular formula is C9H20N4. The number of guanidine groups is 1. The maximum atomic E-state index is 5.65. The topological polar surface area (TPSA) is 62.4 Å². The lowest BCUT2D eigenvalue weighted by molar-refractivity contribution is 0.536. The van der Waals surface area contributed by atoms with E-state index in [2.05, 4.69) is 22.5 Å². The quantitative estimate of drug-likeness (QED) is 0.566. The van der Waals surface area contributed by atoms with E-state index in [0.717, 1.165) is 25.5 Å². The van der Waals surface area contributed by atoms with Crippen LogP contribution in [0.15, 0.2) is 4.99 Å². The van der Waals surface area contributed by atoms with Gasteiger partial charge in [-0.1, -0.05) is 19.8 Å². The van der Waals surface area contributed by atoms with Gasteiger partial charge in [-0.15, -0.1) is 0 Å². The Morgan fingerprint density at radius 2 is 2.54 bits per heavy atom. The van der Waals surface area contributed by atoms with Crippen LogP contribution < -0.4 is 16.4 Å². The first-order chi connectivity index (χ1) is 6.36. The van der Waals surface area contributed by atoms with Crippen LogP contribution >= 0.6 is 0 Å². The molecule has 13 heavy (non-hydrogen) atoms. The second kappa shape index (κ2) is 5.80. The highest BCUT2D eigenvalue weighted by atomic mass is 15.2. The third kappa shape index (κ3) is 3.63. The molecule has 0 aromatic heterocycles. The SMILES string of the molecule is CCCCC(CN)NC1=NCCN1. The van der Waals surface area contributed by atoms with Crippen LogP contribution in [0.4, 0.5) is 0 Å². The van der Waals surface area contributed by atoms with Crippen LogP contribution in [0, 0.1) is 0 Å². The zero-order chi connectivity index (χ0) is 9.52. The summed E-state index contributed by atoms with van der Waals surface area (Å²) in [5.41, 5.74) is 5.65. The number of unbranched alkanes of at least 4 members (excludes halogenated alkanes) is 1. The maximum absolute atomic E-state index is 5.65. The van der Waals surface area contributed by atoms with E-state index in [1.807, 2.05) is 0 Å². The monoisotopic (exact) mass is 184 g/mol. The molecule has 0 amide bonds. The molecule has 1 aliphatic heterocycles. The molecule has 0 bridgehead atoms. The van der Waals surface area contributed by atoms with Crippen LogP contribution in [0.2, 0.25) is 0 Å². The Morgan fingerprint density at radius 3 is 3.08 bits per heavy atom. The molecule has 4 N–H and O–H groups in total. The first-order valence-electron chi connectivity index (χ1n) is 5.11. The van der Waals surface area contributed by atoms with Crippen molar-refractivity contribution in [3.8, 4) is 0 Å². The Bertz CT molecular complexity index is 167. The maximum Gasteiger partial charge on any atom is 0.191 e. The summed E-state index contributed by atoms with van der Waals surface area (Å²) in [6.45, 7) is 4.71. The highest BCUT2D eigenvalue weighted by Gasteiger charge is 2.10.